The molecule has 2 amide bonds. The highest BCUT2D eigenvalue weighted by molar-refractivity contribution is 6.31. The molecule has 4 nitrogen and oxygen atoms in total. The third-order valence-corrected chi connectivity index (χ3v) is 6.19. The highest BCUT2D eigenvalue weighted by atomic mass is 35.5. The molecule has 1 N–H and O–H groups in total. The smallest absolute Gasteiger partial charge is 0.254 e. The standard InChI is InChI=1S/C24H18ClFN2O2/c25-19-13-15(9-10-20(19)26)27-23(29)21-17-7-3-4-8-18(17)24(30)28-12-11-14-5-1-2-6-16(14)22(21)28/h1-10,13,21-22H,11-12H2,(H,27,29)/t21-,22-/m0/s1. The average Bonchev–Trinajstić information content (AvgIpc) is 2.76. The molecule has 0 saturated carbocycles. The van der Waals surface area contributed by atoms with E-state index in [0.29, 0.717) is 23.4 Å². The molecule has 0 aromatic heterocycles. The summed E-state index contributed by atoms with van der Waals surface area (Å²) in [4.78, 5) is 28.5. The SMILES string of the molecule is O=C(Nc1ccc(F)c(Cl)c1)[C@H]1c2ccccc2C(=O)N2CCc3ccccc3[C@@H]12. The van der Waals surface area contributed by atoms with Gasteiger partial charge in [0.1, 0.15) is 5.82 Å². The van der Waals surface area contributed by atoms with Crippen LogP contribution in [0, 0.1) is 5.82 Å². The van der Waals surface area contributed by atoms with Gasteiger partial charge in [0.25, 0.3) is 5.91 Å². The Morgan fingerprint density at radius 1 is 1.03 bits per heavy atom. The number of amides is 2. The van der Waals surface area contributed by atoms with Crippen molar-refractivity contribution in [2.75, 3.05) is 11.9 Å². The molecular weight excluding hydrogens is 403 g/mol. The summed E-state index contributed by atoms with van der Waals surface area (Å²) < 4.78 is 13.5. The number of anilines is 1. The van der Waals surface area contributed by atoms with Gasteiger partial charge in [-0.3, -0.25) is 9.59 Å². The summed E-state index contributed by atoms with van der Waals surface area (Å²) in [6.07, 6.45) is 0.752. The van der Waals surface area contributed by atoms with Gasteiger partial charge in [0.05, 0.1) is 17.0 Å². The van der Waals surface area contributed by atoms with Crippen LogP contribution in [-0.2, 0) is 11.2 Å². The predicted molar refractivity (Wildman–Crippen MR) is 113 cm³/mol. The van der Waals surface area contributed by atoms with E-state index in [-0.39, 0.29) is 16.8 Å². The second-order valence-corrected chi connectivity index (χ2v) is 7.98. The molecule has 30 heavy (non-hydrogen) atoms. The van der Waals surface area contributed by atoms with Crippen LogP contribution in [0.25, 0.3) is 0 Å². The van der Waals surface area contributed by atoms with Gasteiger partial charge in [0.2, 0.25) is 5.91 Å². The number of fused-ring (bicyclic) bond motifs is 4. The molecule has 3 aromatic carbocycles. The number of carbonyl (C=O) groups excluding carboxylic acids is 2. The molecule has 0 saturated heterocycles. The Morgan fingerprint density at radius 3 is 2.57 bits per heavy atom. The van der Waals surface area contributed by atoms with Gasteiger partial charge in [0, 0.05) is 17.8 Å². The van der Waals surface area contributed by atoms with Gasteiger partial charge >= 0.3 is 0 Å². The zero-order chi connectivity index (χ0) is 20.8. The monoisotopic (exact) mass is 420 g/mol. The van der Waals surface area contributed by atoms with Crippen LogP contribution in [0.1, 0.15) is 39.0 Å². The second-order valence-electron chi connectivity index (χ2n) is 7.58. The van der Waals surface area contributed by atoms with E-state index in [2.05, 4.69) is 5.32 Å². The van der Waals surface area contributed by atoms with Gasteiger partial charge in [-0.1, -0.05) is 54.1 Å². The Morgan fingerprint density at radius 2 is 1.77 bits per heavy atom. The number of hydrogen-bond acceptors (Lipinski definition) is 2. The minimum atomic E-state index is -0.593. The van der Waals surface area contributed by atoms with Crippen molar-refractivity contribution in [1.82, 2.24) is 4.90 Å². The summed E-state index contributed by atoms with van der Waals surface area (Å²) in [5, 5.41) is 2.81. The lowest BCUT2D eigenvalue weighted by Gasteiger charge is -2.45. The maximum absolute atomic E-state index is 13.5. The van der Waals surface area contributed by atoms with Crippen molar-refractivity contribution in [1.29, 1.82) is 0 Å². The van der Waals surface area contributed by atoms with E-state index < -0.39 is 17.8 Å². The van der Waals surface area contributed by atoms with Gasteiger partial charge < -0.3 is 10.2 Å². The van der Waals surface area contributed by atoms with Crippen molar-refractivity contribution < 1.29 is 14.0 Å². The first-order valence-electron chi connectivity index (χ1n) is 9.78. The van der Waals surface area contributed by atoms with Crippen molar-refractivity contribution in [2.45, 2.75) is 18.4 Å². The van der Waals surface area contributed by atoms with E-state index in [1.165, 1.54) is 18.2 Å². The molecular formula is C24H18ClFN2O2. The van der Waals surface area contributed by atoms with Gasteiger partial charge in [-0.2, -0.15) is 0 Å². The fourth-order valence-corrected chi connectivity index (χ4v) is 4.73. The number of nitrogens with one attached hydrogen (secondary N) is 1. The second kappa shape index (κ2) is 7.26. The molecule has 2 heterocycles. The maximum Gasteiger partial charge on any atom is 0.254 e. The third kappa shape index (κ3) is 2.97. The average molecular weight is 421 g/mol. The van der Waals surface area contributed by atoms with Crippen LogP contribution in [-0.4, -0.2) is 23.3 Å². The molecule has 0 unspecified atom stereocenters. The molecule has 0 bridgehead atoms. The van der Waals surface area contributed by atoms with Crippen molar-refractivity contribution in [2.24, 2.45) is 0 Å². The van der Waals surface area contributed by atoms with E-state index in [0.717, 1.165) is 17.5 Å². The van der Waals surface area contributed by atoms with E-state index in [1.54, 1.807) is 11.0 Å². The van der Waals surface area contributed by atoms with Gasteiger partial charge in [-0.05, 0) is 47.4 Å². The van der Waals surface area contributed by atoms with Crippen LogP contribution in [0.2, 0.25) is 5.02 Å². The Labute approximate surface area is 178 Å². The normalized spacial score (nSPS) is 19.5. The third-order valence-electron chi connectivity index (χ3n) is 5.90. The van der Waals surface area contributed by atoms with E-state index in [4.69, 9.17) is 11.6 Å². The van der Waals surface area contributed by atoms with E-state index in [1.807, 2.05) is 42.5 Å². The lowest BCUT2D eigenvalue weighted by molar-refractivity contribution is -0.119. The van der Waals surface area contributed by atoms with Crippen molar-refractivity contribution in [3.05, 3.63) is 99.8 Å². The molecule has 2 aliphatic rings. The van der Waals surface area contributed by atoms with E-state index >= 15 is 0 Å². The fraction of sp³-hybridized carbons (Fsp3) is 0.167. The zero-order valence-electron chi connectivity index (χ0n) is 15.9. The number of halogens is 2. The number of carbonyl (C=O) groups is 2. The molecule has 0 aliphatic carbocycles. The first-order chi connectivity index (χ1) is 14.5. The van der Waals surface area contributed by atoms with Crippen molar-refractivity contribution >= 4 is 29.1 Å². The van der Waals surface area contributed by atoms with Crippen LogP contribution in [0.5, 0.6) is 0 Å². The van der Waals surface area contributed by atoms with Gasteiger partial charge in [-0.25, -0.2) is 4.39 Å². The molecule has 0 radical (unpaired) electrons. The van der Waals surface area contributed by atoms with E-state index in [9.17, 15) is 14.0 Å². The topological polar surface area (TPSA) is 49.4 Å². The molecule has 2 aliphatic heterocycles. The maximum atomic E-state index is 13.5. The molecule has 2 atom stereocenters. The highest BCUT2D eigenvalue weighted by Gasteiger charge is 2.46. The summed E-state index contributed by atoms with van der Waals surface area (Å²) in [5.74, 6) is -1.46. The summed E-state index contributed by atoms with van der Waals surface area (Å²) in [6, 6.07) is 18.9. The summed E-state index contributed by atoms with van der Waals surface area (Å²) in [7, 11) is 0. The zero-order valence-corrected chi connectivity index (χ0v) is 16.7. The lowest BCUT2D eigenvalue weighted by atomic mass is 9.76. The van der Waals surface area contributed by atoms with Gasteiger partial charge in [-0.15, -0.1) is 0 Å². The lowest BCUT2D eigenvalue weighted by Crippen LogP contribution is -2.49. The summed E-state index contributed by atoms with van der Waals surface area (Å²) in [6.45, 7) is 0.557. The quantitative estimate of drug-likeness (QED) is 0.637. The Balaban J connectivity index is 1.62. The summed E-state index contributed by atoms with van der Waals surface area (Å²) in [5.41, 5.74) is 3.80. The highest BCUT2D eigenvalue weighted by Crippen LogP contribution is 2.46. The minimum Gasteiger partial charge on any atom is -0.330 e. The Kier molecular flexibility index (Phi) is 4.55. The van der Waals surface area contributed by atoms with Crippen molar-refractivity contribution in [3.8, 4) is 0 Å². The largest absolute Gasteiger partial charge is 0.330 e. The minimum absolute atomic E-state index is 0.0565. The van der Waals surface area contributed by atoms with Gasteiger partial charge in [0.15, 0.2) is 0 Å². The van der Waals surface area contributed by atoms with Crippen LogP contribution in [0.3, 0.4) is 0 Å². The number of benzene rings is 3. The number of rotatable bonds is 2. The molecule has 0 fully saturated rings. The number of hydrogen-bond donors (Lipinski definition) is 1. The van der Waals surface area contributed by atoms with Crippen molar-refractivity contribution in [3.63, 3.8) is 0 Å². The molecule has 3 aromatic rings. The number of nitrogens with zero attached hydrogens (tertiary/aromatic N) is 1. The fourth-order valence-electron chi connectivity index (χ4n) is 4.55. The first-order valence-corrected chi connectivity index (χ1v) is 10.2. The summed E-state index contributed by atoms with van der Waals surface area (Å²) >= 11 is 5.88. The Bertz CT molecular complexity index is 1180. The van der Waals surface area contributed by atoms with Crippen LogP contribution in [0.4, 0.5) is 10.1 Å². The van der Waals surface area contributed by atoms with Crippen LogP contribution >= 0.6 is 11.6 Å². The molecule has 5 rings (SSSR count). The molecule has 0 spiro atoms. The Hall–Kier alpha value is -3.18. The first kappa shape index (κ1) is 18.8. The molecule has 150 valence electrons. The van der Waals surface area contributed by atoms with Crippen LogP contribution in [0.15, 0.2) is 66.7 Å². The predicted octanol–water partition coefficient (Wildman–Crippen LogP) is 4.95. The van der Waals surface area contributed by atoms with Crippen LogP contribution < -0.4 is 5.32 Å². The molecule has 6 heteroatoms.